The van der Waals surface area contributed by atoms with Gasteiger partial charge in [0.25, 0.3) is 0 Å². The number of hydrogen-bond acceptors (Lipinski definition) is 1. The monoisotopic (exact) mass is 270 g/mol. The van der Waals surface area contributed by atoms with Gasteiger partial charge in [0.1, 0.15) is 0 Å². The van der Waals surface area contributed by atoms with Crippen molar-refractivity contribution in [2.75, 3.05) is 11.9 Å². The zero-order valence-electron chi connectivity index (χ0n) is 9.72. The summed E-state index contributed by atoms with van der Waals surface area (Å²) in [5.74, 6) is 0. The first-order valence-corrected chi connectivity index (χ1v) is 6.39. The average molecular weight is 271 g/mol. The quantitative estimate of drug-likeness (QED) is 0.596. The molecule has 1 nitrogen and oxygen atoms in total. The number of benzene rings is 1. The van der Waals surface area contributed by atoms with Crippen LogP contribution in [-0.2, 0) is 16.8 Å². The third-order valence-corrected chi connectivity index (χ3v) is 2.63. The lowest BCUT2D eigenvalue weighted by atomic mass is 9.87. The van der Waals surface area contributed by atoms with E-state index in [1.165, 1.54) is 11.1 Å². The highest BCUT2D eigenvalue weighted by molar-refractivity contribution is 9.09. The molecule has 0 atom stereocenters. The van der Waals surface area contributed by atoms with Crippen LogP contribution in [0.4, 0.5) is 0 Å². The Morgan fingerprint density at radius 1 is 1.13 bits per heavy atom. The maximum atomic E-state index is 5.45. The summed E-state index contributed by atoms with van der Waals surface area (Å²) >= 11 is 3.34. The van der Waals surface area contributed by atoms with Crippen molar-refractivity contribution < 1.29 is 4.74 Å². The Hall–Kier alpha value is -0.340. The number of halogens is 1. The summed E-state index contributed by atoms with van der Waals surface area (Å²) in [7, 11) is 0. The van der Waals surface area contributed by atoms with Crippen molar-refractivity contribution in [3.8, 4) is 0 Å². The van der Waals surface area contributed by atoms with Crippen molar-refractivity contribution in [1.29, 1.82) is 0 Å². The van der Waals surface area contributed by atoms with Crippen LogP contribution in [0.2, 0.25) is 0 Å². The first-order valence-electron chi connectivity index (χ1n) is 5.27. The average Bonchev–Trinajstić information content (AvgIpc) is 2.18. The fourth-order valence-corrected chi connectivity index (χ4v) is 1.57. The fraction of sp³-hybridized carbons (Fsp3) is 0.538. The molecule has 1 aromatic carbocycles. The van der Waals surface area contributed by atoms with Crippen molar-refractivity contribution in [3.05, 3.63) is 35.4 Å². The smallest absolute Gasteiger partial charge is 0.0717 e. The lowest BCUT2D eigenvalue weighted by Gasteiger charge is -2.19. The van der Waals surface area contributed by atoms with Gasteiger partial charge in [0.05, 0.1) is 13.2 Å². The van der Waals surface area contributed by atoms with Crippen LogP contribution in [0.1, 0.15) is 31.9 Å². The highest BCUT2D eigenvalue weighted by atomic mass is 79.9. The summed E-state index contributed by atoms with van der Waals surface area (Å²) in [5, 5.41) is 0.896. The maximum Gasteiger partial charge on any atom is 0.0717 e. The van der Waals surface area contributed by atoms with Crippen LogP contribution in [0.3, 0.4) is 0 Å². The number of hydrogen-bond donors (Lipinski definition) is 0. The van der Waals surface area contributed by atoms with Gasteiger partial charge >= 0.3 is 0 Å². The molecule has 1 aromatic rings. The van der Waals surface area contributed by atoms with E-state index in [1.54, 1.807) is 0 Å². The molecular formula is C13H19BrO. The summed E-state index contributed by atoms with van der Waals surface area (Å²) in [6.45, 7) is 8.15. The van der Waals surface area contributed by atoms with E-state index >= 15 is 0 Å². The highest BCUT2D eigenvalue weighted by Crippen LogP contribution is 2.22. The van der Waals surface area contributed by atoms with Gasteiger partial charge in [-0.05, 0) is 16.5 Å². The van der Waals surface area contributed by atoms with Crippen LogP contribution >= 0.6 is 15.9 Å². The van der Waals surface area contributed by atoms with Gasteiger partial charge in [-0.3, -0.25) is 0 Å². The Morgan fingerprint density at radius 3 is 2.20 bits per heavy atom. The van der Waals surface area contributed by atoms with E-state index in [0.717, 1.165) is 11.9 Å². The summed E-state index contributed by atoms with van der Waals surface area (Å²) < 4.78 is 5.45. The molecule has 0 heterocycles. The van der Waals surface area contributed by atoms with Crippen molar-refractivity contribution in [3.63, 3.8) is 0 Å². The van der Waals surface area contributed by atoms with Crippen molar-refractivity contribution >= 4 is 15.9 Å². The summed E-state index contributed by atoms with van der Waals surface area (Å²) in [6.07, 6.45) is 0. The summed E-state index contributed by atoms with van der Waals surface area (Å²) in [5.41, 5.74) is 2.84. The predicted molar refractivity (Wildman–Crippen MR) is 68.6 cm³/mol. The molecule has 0 radical (unpaired) electrons. The van der Waals surface area contributed by atoms with Gasteiger partial charge in [-0.2, -0.15) is 0 Å². The molecule has 0 saturated carbocycles. The normalized spacial score (nSPS) is 11.7. The first kappa shape index (κ1) is 12.7. The van der Waals surface area contributed by atoms with Gasteiger partial charge in [-0.25, -0.2) is 0 Å². The minimum atomic E-state index is 0.231. The van der Waals surface area contributed by atoms with Gasteiger partial charge in [-0.15, -0.1) is 0 Å². The van der Waals surface area contributed by atoms with Crippen LogP contribution in [-0.4, -0.2) is 11.9 Å². The Balaban J connectivity index is 2.57. The zero-order chi connectivity index (χ0) is 11.3. The number of rotatable bonds is 4. The van der Waals surface area contributed by atoms with Crippen LogP contribution in [0.25, 0.3) is 0 Å². The highest BCUT2D eigenvalue weighted by Gasteiger charge is 2.12. The molecule has 0 saturated heterocycles. The predicted octanol–water partition coefficient (Wildman–Crippen LogP) is 3.90. The van der Waals surface area contributed by atoms with Crippen LogP contribution in [0.15, 0.2) is 24.3 Å². The molecule has 0 spiro atoms. The molecule has 1 rings (SSSR count). The second-order valence-electron chi connectivity index (χ2n) is 4.69. The number of ether oxygens (including phenoxy) is 1. The van der Waals surface area contributed by atoms with E-state index in [-0.39, 0.29) is 5.41 Å². The second-order valence-corrected chi connectivity index (χ2v) is 5.48. The van der Waals surface area contributed by atoms with Crippen molar-refractivity contribution in [2.45, 2.75) is 32.8 Å². The molecule has 0 aliphatic rings. The second kappa shape index (κ2) is 5.66. The van der Waals surface area contributed by atoms with E-state index in [4.69, 9.17) is 4.74 Å². The molecule has 0 N–H and O–H groups in total. The molecule has 0 aliphatic carbocycles. The van der Waals surface area contributed by atoms with Gasteiger partial charge in [-0.1, -0.05) is 61.0 Å². The summed E-state index contributed by atoms with van der Waals surface area (Å²) in [4.78, 5) is 0. The Morgan fingerprint density at radius 2 is 1.73 bits per heavy atom. The first-order chi connectivity index (χ1) is 7.04. The molecule has 0 bridgehead atoms. The number of alkyl halides is 1. The summed E-state index contributed by atoms with van der Waals surface area (Å²) in [6, 6.07) is 8.67. The minimum absolute atomic E-state index is 0.231. The minimum Gasteiger partial charge on any atom is -0.376 e. The van der Waals surface area contributed by atoms with Crippen LogP contribution in [0, 0.1) is 0 Å². The van der Waals surface area contributed by atoms with Gasteiger partial charge < -0.3 is 4.74 Å². The maximum absolute atomic E-state index is 5.45. The third-order valence-electron chi connectivity index (χ3n) is 2.31. The lowest BCUT2D eigenvalue weighted by molar-refractivity contribution is 0.137. The van der Waals surface area contributed by atoms with Gasteiger partial charge in [0.15, 0.2) is 0 Å². The van der Waals surface area contributed by atoms with Gasteiger partial charge in [0, 0.05) is 5.33 Å². The van der Waals surface area contributed by atoms with Crippen molar-refractivity contribution in [2.24, 2.45) is 0 Å². The Kier molecular flexibility index (Phi) is 4.81. The molecule has 15 heavy (non-hydrogen) atoms. The van der Waals surface area contributed by atoms with E-state index in [2.05, 4.69) is 61.0 Å². The van der Waals surface area contributed by atoms with E-state index in [1.807, 2.05) is 0 Å². The largest absolute Gasteiger partial charge is 0.376 e. The van der Waals surface area contributed by atoms with E-state index in [9.17, 15) is 0 Å². The van der Waals surface area contributed by atoms with Crippen molar-refractivity contribution in [1.82, 2.24) is 0 Å². The lowest BCUT2D eigenvalue weighted by Crippen LogP contribution is -2.10. The third kappa shape index (κ3) is 4.35. The van der Waals surface area contributed by atoms with Gasteiger partial charge in [0.2, 0.25) is 0 Å². The van der Waals surface area contributed by atoms with Crippen LogP contribution < -0.4 is 0 Å². The molecule has 0 aromatic heterocycles. The fourth-order valence-electron chi connectivity index (χ4n) is 1.35. The van der Waals surface area contributed by atoms with E-state index < -0.39 is 0 Å². The molecule has 0 amide bonds. The Bertz CT molecular complexity index is 284. The topological polar surface area (TPSA) is 9.23 Å². The zero-order valence-corrected chi connectivity index (χ0v) is 11.3. The molecule has 84 valence electrons. The molecule has 0 aliphatic heterocycles. The molecule has 0 unspecified atom stereocenters. The molecular weight excluding hydrogens is 252 g/mol. The molecule has 2 heteroatoms. The van der Waals surface area contributed by atoms with E-state index in [0.29, 0.717) is 6.61 Å². The van der Waals surface area contributed by atoms with Crippen LogP contribution in [0.5, 0.6) is 0 Å². The SMILES string of the molecule is CC(C)(C)c1ccc(COCCBr)cc1. The Labute approximate surface area is 101 Å². The molecule has 0 fully saturated rings. The standard InChI is InChI=1S/C13H19BrO/c1-13(2,3)12-6-4-11(5-7-12)10-15-9-8-14/h4-7H,8-10H2,1-3H3.